The van der Waals surface area contributed by atoms with E-state index in [-0.39, 0.29) is 11.8 Å². The topological polar surface area (TPSA) is 62.5 Å². The van der Waals surface area contributed by atoms with E-state index in [1.165, 1.54) is 6.07 Å². The number of aromatic carboxylic acids is 1. The molecule has 2 rings (SSSR count). The molecule has 0 bridgehead atoms. The molecule has 19 heavy (non-hydrogen) atoms. The summed E-state index contributed by atoms with van der Waals surface area (Å²) in [5.74, 6) is -0.538. The molecular formula is C14H14ClNO3. The van der Waals surface area contributed by atoms with Gasteiger partial charge in [0.05, 0.1) is 6.54 Å². The highest BCUT2D eigenvalue weighted by molar-refractivity contribution is 6.31. The molecule has 5 heteroatoms. The fourth-order valence-electron chi connectivity index (χ4n) is 1.78. The lowest BCUT2D eigenvalue weighted by atomic mass is 10.1. The molecule has 0 saturated heterocycles. The zero-order chi connectivity index (χ0) is 13.8. The van der Waals surface area contributed by atoms with Gasteiger partial charge in [0.25, 0.3) is 0 Å². The van der Waals surface area contributed by atoms with Crippen molar-refractivity contribution in [1.29, 1.82) is 0 Å². The van der Waals surface area contributed by atoms with Crippen LogP contribution in [0.3, 0.4) is 0 Å². The van der Waals surface area contributed by atoms with Gasteiger partial charge in [0.1, 0.15) is 5.76 Å². The Balaban J connectivity index is 1.98. The highest BCUT2D eigenvalue weighted by Crippen LogP contribution is 2.22. The fraction of sp³-hybridized carbons (Fsp3) is 0.214. The maximum atomic E-state index is 10.7. The van der Waals surface area contributed by atoms with Gasteiger partial charge < -0.3 is 14.8 Å². The third-order valence-corrected chi connectivity index (χ3v) is 3.17. The minimum Gasteiger partial charge on any atom is -0.475 e. The Labute approximate surface area is 116 Å². The van der Waals surface area contributed by atoms with Gasteiger partial charge in [-0.25, -0.2) is 4.79 Å². The van der Waals surface area contributed by atoms with E-state index in [9.17, 15) is 4.79 Å². The molecule has 0 saturated carbocycles. The molecule has 0 spiro atoms. The molecule has 0 aliphatic rings. The monoisotopic (exact) mass is 279 g/mol. The number of carboxylic acid groups (broad SMARTS) is 1. The summed E-state index contributed by atoms with van der Waals surface area (Å²) in [6.45, 7) is 2.43. The Morgan fingerprint density at radius 3 is 2.74 bits per heavy atom. The fourth-order valence-corrected chi connectivity index (χ4v) is 2.08. The number of carbonyl (C=O) groups is 1. The van der Waals surface area contributed by atoms with Crippen LogP contribution < -0.4 is 5.32 Å². The van der Waals surface area contributed by atoms with Gasteiger partial charge in [-0.05, 0) is 30.7 Å². The third-order valence-electron chi connectivity index (χ3n) is 2.83. The first-order valence-electron chi connectivity index (χ1n) is 5.87. The van der Waals surface area contributed by atoms with Gasteiger partial charge in [0.15, 0.2) is 0 Å². The second kappa shape index (κ2) is 5.91. The number of furan rings is 1. The van der Waals surface area contributed by atoms with Gasteiger partial charge in [0.2, 0.25) is 5.76 Å². The molecule has 2 aromatic rings. The second-order valence-corrected chi connectivity index (χ2v) is 4.60. The average Bonchev–Trinajstić information content (AvgIpc) is 2.85. The maximum absolute atomic E-state index is 10.7. The van der Waals surface area contributed by atoms with E-state index in [4.69, 9.17) is 21.1 Å². The number of hydrogen-bond donors (Lipinski definition) is 2. The summed E-state index contributed by atoms with van der Waals surface area (Å²) in [7, 11) is 0. The van der Waals surface area contributed by atoms with Gasteiger partial charge in [-0.2, -0.15) is 0 Å². The predicted octanol–water partition coefficient (Wildman–Crippen LogP) is 3.48. The number of rotatable bonds is 5. The lowest BCUT2D eigenvalue weighted by Crippen LogP contribution is -2.18. The predicted molar refractivity (Wildman–Crippen MR) is 72.4 cm³/mol. The summed E-state index contributed by atoms with van der Waals surface area (Å²) in [6.07, 6.45) is 0. The lowest BCUT2D eigenvalue weighted by molar-refractivity contribution is 0.0660. The highest BCUT2D eigenvalue weighted by Gasteiger charge is 2.11. The first-order valence-corrected chi connectivity index (χ1v) is 6.25. The number of halogens is 1. The van der Waals surface area contributed by atoms with Gasteiger partial charge in [-0.1, -0.05) is 29.8 Å². The SMILES string of the molecule is C[C@H](NCc1ccc(C(=O)O)o1)c1ccccc1Cl. The molecule has 0 radical (unpaired) electrons. The third kappa shape index (κ3) is 3.36. The van der Waals surface area contributed by atoms with E-state index in [0.29, 0.717) is 17.3 Å². The Hall–Kier alpha value is -1.78. The molecule has 0 unspecified atom stereocenters. The van der Waals surface area contributed by atoms with Crippen LogP contribution in [0.5, 0.6) is 0 Å². The summed E-state index contributed by atoms with van der Waals surface area (Å²) < 4.78 is 5.17. The molecule has 0 aliphatic carbocycles. The van der Waals surface area contributed by atoms with Crippen molar-refractivity contribution in [3.05, 3.63) is 58.5 Å². The summed E-state index contributed by atoms with van der Waals surface area (Å²) >= 11 is 6.11. The van der Waals surface area contributed by atoms with Crippen LogP contribution in [0.1, 0.15) is 34.8 Å². The number of nitrogens with one attached hydrogen (secondary N) is 1. The molecule has 2 N–H and O–H groups in total. The van der Waals surface area contributed by atoms with Crippen LogP contribution in [0, 0.1) is 0 Å². The minimum atomic E-state index is -1.06. The standard InChI is InChI=1S/C14H14ClNO3/c1-9(11-4-2-3-5-12(11)15)16-8-10-6-7-13(19-10)14(17)18/h2-7,9,16H,8H2,1H3,(H,17,18)/t9-/m0/s1. The van der Waals surface area contributed by atoms with Crippen molar-refractivity contribution in [3.63, 3.8) is 0 Å². The zero-order valence-corrected chi connectivity index (χ0v) is 11.1. The molecule has 1 heterocycles. The van der Waals surface area contributed by atoms with Crippen molar-refractivity contribution in [2.24, 2.45) is 0 Å². The van der Waals surface area contributed by atoms with Crippen molar-refractivity contribution in [2.45, 2.75) is 19.5 Å². The molecule has 1 atom stereocenters. The normalized spacial score (nSPS) is 12.3. The van der Waals surface area contributed by atoms with Crippen LogP contribution in [0.25, 0.3) is 0 Å². The van der Waals surface area contributed by atoms with Crippen LogP contribution in [-0.4, -0.2) is 11.1 Å². The van der Waals surface area contributed by atoms with Crippen LogP contribution in [-0.2, 0) is 6.54 Å². The molecule has 1 aromatic heterocycles. The van der Waals surface area contributed by atoms with Crippen molar-refractivity contribution >= 4 is 17.6 Å². The van der Waals surface area contributed by atoms with Crippen LogP contribution in [0.15, 0.2) is 40.8 Å². The Kier molecular flexibility index (Phi) is 4.24. The summed E-state index contributed by atoms with van der Waals surface area (Å²) in [5.41, 5.74) is 0.995. The van der Waals surface area contributed by atoms with E-state index < -0.39 is 5.97 Å². The summed E-state index contributed by atoms with van der Waals surface area (Å²) in [6, 6.07) is 10.7. The Bertz CT molecular complexity index is 580. The van der Waals surface area contributed by atoms with Crippen molar-refractivity contribution in [2.75, 3.05) is 0 Å². The van der Waals surface area contributed by atoms with Gasteiger partial charge >= 0.3 is 5.97 Å². The van der Waals surface area contributed by atoms with Gasteiger partial charge in [-0.15, -0.1) is 0 Å². The molecule has 0 aliphatic heterocycles. The van der Waals surface area contributed by atoms with Crippen molar-refractivity contribution in [1.82, 2.24) is 5.32 Å². The van der Waals surface area contributed by atoms with Crippen molar-refractivity contribution in [3.8, 4) is 0 Å². The summed E-state index contributed by atoms with van der Waals surface area (Å²) in [4.78, 5) is 10.7. The molecule has 4 nitrogen and oxygen atoms in total. The molecule has 100 valence electrons. The van der Waals surface area contributed by atoms with E-state index >= 15 is 0 Å². The lowest BCUT2D eigenvalue weighted by Gasteiger charge is -2.14. The maximum Gasteiger partial charge on any atom is 0.371 e. The molecular weight excluding hydrogens is 266 g/mol. The summed E-state index contributed by atoms with van der Waals surface area (Å²) in [5, 5.41) is 12.7. The number of benzene rings is 1. The van der Waals surface area contributed by atoms with Crippen LogP contribution in [0.4, 0.5) is 0 Å². The van der Waals surface area contributed by atoms with E-state index in [2.05, 4.69) is 5.32 Å². The van der Waals surface area contributed by atoms with E-state index in [1.807, 2.05) is 31.2 Å². The smallest absolute Gasteiger partial charge is 0.371 e. The average molecular weight is 280 g/mol. The highest BCUT2D eigenvalue weighted by atomic mass is 35.5. The van der Waals surface area contributed by atoms with Gasteiger partial charge in [-0.3, -0.25) is 0 Å². The minimum absolute atomic E-state index is 0.0482. The molecule has 0 fully saturated rings. The number of hydrogen-bond acceptors (Lipinski definition) is 3. The van der Waals surface area contributed by atoms with Gasteiger partial charge in [0, 0.05) is 11.1 Å². The zero-order valence-electron chi connectivity index (χ0n) is 10.4. The largest absolute Gasteiger partial charge is 0.475 e. The van der Waals surface area contributed by atoms with E-state index in [0.717, 1.165) is 5.56 Å². The van der Waals surface area contributed by atoms with Crippen molar-refractivity contribution < 1.29 is 14.3 Å². The Morgan fingerprint density at radius 1 is 1.37 bits per heavy atom. The Morgan fingerprint density at radius 2 is 2.11 bits per heavy atom. The first kappa shape index (κ1) is 13.6. The first-order chi connectivity index (χ1) is 9.08. The van der Waals surface area contributed by atoms with E-state index in [1.54, 1.807) is 6.07 Å². The molecule has 0 amide bonds. The molecule has 1 aromatic carbocycles. The van der Waals surface area contributed by atoms with Crippen LogP contribution in [0.2, 0.25) is 5.02 Å². The second-order valence-electron chi connectivity index (χ2n) is 4.20. The quantitative estimate of drug-likeness (QED) is 0.879. The number of carboxylic acids is 1. The van der Waals surface area contributed by atoms with Crippen LogP contribution >= 0.6 is 11.6 Å².